The van der Waals surface area contributed by atoms with Crippen LogP contribution in [0, 0.1) is 0 Å². The number of imide groups is 1. The smallest absolute Gasteiger partial charge is 0.322 e. The van der Waals surface area contributed by atoms with Gasteiger partial charge in [-0.15, -0.1) is 0 Å². The monoisotopic (exact) mass is 526 g/mol. The minimum atomic E-state index is -4.56. The van der Waals surface area contributed by atoms with Gasteiger partial charge in [0, 0.05) is 35.4 Å². The molecule has 1 saturated heterocycles. The predicted octanol–water partition coefficient (Wildman–Crippen LogP) is 4.35. The van der Waals surface area contributed by atoms with Gasteiger partial charge in [-0.3, -0.25) is 24.5 Å². The van der Waals surface area contributed by atoms with Crippen molar-refractivity contribution in [2.45, 2.75) is 54.6 Å². The summed E-state index contributed by atoms with van der Waals surface area (Å²) < 4.78 is 66.5. The zero-order valence-corrected chi connectivity index (χ0v) is 19.3. The number of Topliss-reactive ketones (excluding diaryl/α,β-unsaturated/α-hetero) is 1. The normalized spacial score (nSPS) is 18.3. The van der Waals surface area contributed by atoms with E-state index in [0.29, 0.717) is 16.7 Å². The molecule has 6 nitrogen and oxygen atoms in total. The molecule has 2 aliphatic heterocycles. The van der Waals surface area contributed by atoms with E-state index in [9.17, 15) is 41.1 Å². The fraction of sp³-hybridized carbons (Fsp3) is 0.333. The number of piperidine rings is 1. The van der Waals surface area contributed by atoms with Crippen molar-refractivity contribution in [3.05, 3.63) is 64.7 Å². The van der Waals surface area contributed by atoms with E-state index < -0.39 is 58.8 Å². The maximum absolute atomic E-state index is 14.6. The first kappa shape index (κ1) is 25.8. The van der Waals surface area contributed by atoms with Crippen molar-refractivity contribution in [1.82, 2.24) is 10.2 Å². The Kier molecular flexibility index (Phi) is 6.91. The Morgan fingerprint density at radius 3 is 2.36 bits per heavy atom. The molecule has 2 heterocycles. The summed E-state index contributed by atoms with van der Waals surface area (Å²) in [5, 5.41) is 2.21. The van der Waals surface area contributed by atoms with Crippen LogP contribution >= 0.6 is 11.8 Å². The molecule has 0 saturated carbocycles. The molecule has 2 aromatic rings. The standard InChI is InChI=1S/C24H19F5N2O4S/c25-23(26,15-3-5-16(6-4-15)36-24(27,28)29)19(32)9-2-13-1-7-17-14(11-13)12-31(22(17)35)18-8-10-20(33)30-21(18)34/h1,3-7,11,18H,2,8-10,12H2,(H,30,33,34). The van der Waals surface area contributed by atoms with Crippen LogP contribution in [0.3, 0.4) is 0 Å². The molecule has 2 aliphatic rings. The quantitative estimate of drug-likeness (QED) is 0.330. The number of hydrogen-bond acceptors (Lipinski definition) is 5. The number of amides is 3. The summed E-state index contributed by atoms with van der Waals surface area (Å²) in [7, 11) is 0. The molecule has 12 heteroatoms. The number of fused-ring (bicyclic) bond motifs is 1. The van der Waals surface area contributed by atoms with Crippen molar-refractivity contribution < 1.29 is 41.1 Å². The highest BCUT2D eigenvalue weighted by Gasteiger charge is 2.41. The molecular weight excluding hydrogens is 507 g/mol. The van der Waals surface area contributed by atoms with Crippen molar-refractivity contribution in [2.24, 2.45) is 0 Å². The van der Waals surface area contributed by atoms with Gasteiger partial charge in [0.2, 0.25) is 17.6 Å². The molecule has 0 bridgehead atoms. The van der Waals surface area contributed by atoms with Gasteiger partial charge < -0.3 is 4.90 Å². The summed E-state index contributed by atoms with van der Waals surface area (Å²) in [6.07, 6.45) is -0.259. The number of hydrogen-bond donors (Lipinski definition) is 1. The molecule has 1 N–H and O–H groups in total. The van der Waals surface area contributed by atoms with E-state index in [0.717, 1.165) is 24.3 Å². The summed E-state index contributed by atoms with van der Waals surface area (Å²) in [5.41, 5.74) is -3.78. The fourth-order valence-electron chi connectivity index (χ4n) is 4.23. The number of nitrogens with one attached hydrogen (secondary N) is 1. The van der Waals surface area contributed by atoms with Crippen molar-refractivity contribution >= 4 is 35.3 Å². The van der Waals surface area contributed by atoms with Crippen molar-refractivity contribution in [2.75, 3.05) is 0 Å². The molecule has 0 radical (unpaired) electrons. The average molecular weight is 526 g/mol. The molecule has 3 amide bonds. The van der Waals surface area contributed by atoms with E-state index in [1.54, 1.807) is 12.1 Å². The lowest BCUT2D eigenvalue weighted by Crippen LogP contribution is -2.52. The van der Waals surface area contributed by atoms with E-state index >= 15 is 0 Å². The van der Waals surface area contributed by atoms with E-state index in [4.69, 9.17) is 0 Å². The maximum atomic E-state index is 14.6. The van der Waals surface area contributed by atoms with Gasteiger partial charge in [-0.1, -0.05) is 24.3 Å². The highest BCUT2D eigenvalue weighted by atomic mass is 32.2. The van der Waals surface area contributed by atoms with Crippen LogP contribution in [0.4, 0.5) is 22.0 Å². The summed E-state index contributed by atoms with van der Waals surface area (Å²) in [5.74, 6) is -6.59. The first-order valence-electron chi connectivity index (χ1n) is 10.9. The number of benzene rings is 2. The molecule has 0 aromatic heterocycles. The third-order valence-corrected chi connectivity index (χ3v) is 6.77. The lowest BCUT2D eigenvalue weighted by atomic mass is 9.97. The highest BCUT2D eigenvalue weighted by Crippen LogP contribution is 2.38. The number of thioether (sulfide) groups is 1. The summed E-state index contributed by atoms with van der Waals surface area (Å²) in [6, 6.07) is 7.27. The van der Waals surface area contributed by atoms with Crippen LogP contribution in [0.25, 0.3) is 0 Å². The zero-order valence-electron chi connectivity index (χ0n) is 18.5. The van der Waals surface area contributed by atoms with Crippen molar-refractivity contribution in [1.29, 1.82) is 0 Å². The number of carbonyl (C=O) groups excluding carboxylic acids is 4. The minimum absolute atomic E-state index is 0.0453. The van der Waals surface area contributed by atoms with E-state index in [1.165, 1.54) is 11.0 Å². The average Bonchev–Trinajstić information content (AvgIpc) is 3.12. The van der Waals surface area contributed by atoms with Crippen LogP contribution in [0.2, 0.25) is 0 Å². The molecule has 190 valence electrons. The molecule has 1 unspecified atom stereocenters. The molecule has 1 atom stereocenters. The molecule has 2 aromatic carbocycles. The molecule has 1 fully saturated rings. The second-order valence-corrected chi connectivity index (χ2v) is 9.60. The second kappa shape index (κ2) is 9.64. The van der Waals surface area contributed by atoms with Gasteiger partial charge in [-0.05, 0) is 53.9 Å². The van der Waals surface area contributed by atoms with Crippen LogP contribution in [0.1, 0.15) is 46.3 Å². The summed E-state index contributed by atoms with van der Waals surface area (Å²) in [4.78, 5) is 49.6. The van der Waals surface area contributed by atoms with Crippen molar-refractivity contribution in [3.63, 3.8) is 0 Å². The minimum Gasteiger partial charge on any atom is -0.322 e. The first-order valence-corrected chi connectivity index (χ1v) is 11.7. The molecule has 0 aliphatic carbocycles. The van der Waals surface area contributed by atoms with E-state index in [1.807, 2.05) is 0 Å². The van der Waals surface area contributed by atoms with E-state index in [2.05, 4.69) is 5.32 Å². The molecular formula is C24H19F5N2O4S. The van der Waals surface area contributed by atoms with Gasteiger partial charge in [0.05, 0.1) is 0 Å². The predicted molar refractivity (Wildman–Crippen MR) is 118 cm³/mol. The van der Waals surface area contributed by atoms with Crippen LogP contribution in [0.15, 0.2) is 47.4 Å². The Morgan fingerprint density at radius 1 is 1.03 bits per heavy atom. The van der Waals surface area contributed by atoms with Gasteiger partial charge >= 0.3 is 11.4 Å². The Hall–Kier alpha value is -3.28. The summed E-state index contributed by atoms with van der Waals surface area (Å²) >= 11 is -0.439. The third-order valence-electron chi connectivity index (χ3n) is 6.03. The zero-order chi connectivity index (χ0) is 26.3. The number of nitrogens with zero attached hydrogens (tertiary/aromatic N) is 1. The fourth-order valence-corrected chi connectivity index (χ4v) is 4.76. The number of rotatable bonds is 7. The molecule has 4 rings (SSSR count). The van der Waals surface area contributed by atoms with Crippen LogP contribution < -0.4 is 5.32 Å². The Morgan fingerprint density at radius 2 is 1.72 bits per heavy atom. The van der Waals surface area contributed by atoms with Gasteiger partial charge in [-0.25, -0.2) is 0 Å². The second-order valence-electron chi connectivity index (χ2n) is 8.46. The van der Waals surface area contributed by atoms with Crippen molar-refractivity contribution in [3.8, 4) is 0 Å². The number of carbonyl (C=O) groups is 4. The Labute approximate surface area is 206 Å². The van der Waals surface area contributed by atoms with Crippen LogP contribution in [0.5, 0.6) is 0 Å². The topological polar surface area (TPSA) is 83.6 Å². The van der Waals surface area contributed by atoms with E-state index in [-0.39, 0.29) is 36.6 Å². The van der Waals surface area contributed by atoms with Gasteiger partial charge in [0.1, 0.15) is 6.04 Å². The largest absolute Gasteiger partial charge is 0.446 e. The maximum Gasteiger partial charge on any atom is 0.446 e. The Balaban J connectivity index is 1.39. The first-order chi connectivity index (χ1) is 16.8. The number of aryl methyl sites for hydroxylation is 1. The SMILES string of the molecule is O=C1CCC(N2Cc3cc(CCC(=O)C(F)(F)c4ccc(SC(F)(F)F)cc4)ccc3C2=O)C(=O)N1. The lowest BCUT2D eigenvalue weighted by molar-refractivity contribution is -0.144. The number of halogens is 5. The van der Waals surface area contributed by atoms with Crippen LogP contribution in [-0.4, -0.2) is 40.0 Å². The summed E-state index contributed by atoms with van der Waals surface area (Å²) in [6.45, 7) is 0.112. The van der Waals surface area contributed by atoms with Gasteiger partial charge in [0.15, 0.2) is 0 Å². The van der Waals surface area contributed by atoms with Gasteiger partial charge in [-0.2, -0.15) is 22.0 Å². The number of alkyl halides is 5. The molecule has 36 heavy (non-hydrogen) atoms. The third kappa shape index (κ3) is 5.43. The molecule has 0 spiro atoms. The highest BCUT2D eigenvalue weighted by molar-refractivity contribution is 8.00. The lowest BCUT2D eigenvalue weighted by Gasteiger charge is -2.29. The van der Waals surface area contributed by atoms with Gasteiger partial charge in [0.25, 0.3) is 5.91 Å². The Bertz CT molecular complexity index is 1230. The van der Waals surface area contributed by atoms with Crippen LogP contribution in [-0.2, 0) is 33.3 Å². The number of ketones is 1.